The van der Waals surface area contributed by atoms with E-state index in [1.165, 1.54) is 5.46 Å². The number of ether oxygens (including phenoxy) is 2. The van der Waals surface area contributed by atoms with Gasteiger partial charge in [-0.2, -0.15) is 0 Å². The Morgan fingerprint density at radius 1 is 0.900 bits per heavy atom. The van der Waals surface area contributed by atoms with Gasteiger partial charge >= 0.3 is 0 Å². The molecule has 2 nitrogen and oxygen atoms in total. The minimum Gasteiger partial charge on any atom is -0.493 e. The van der Waals surface area contributed by atoms with E-state index in [1.54, 1.807) is 18.2 Å². The summed E-state index contributed by atoms with van der Waals surface area (Å²) in [5.74, 6) is 1.52. The Bertz CT molecular complexity index is 558. The van der Waals surface area contributed by atoms with Gasteiger partial charge in [0, 0.05) is 11.4 Å². The Morgan fingerprint density at radius 2 is 1.60 bits per heavy atom. The highest BCUT2D eigenvalue weighted by Gasteiger charge is 2.02. The van der Waals surface area contributed by atoms with Crippen LogP contribution in [0.5, 0.6) is 11.5 Å². The van der Waals surface area contributed by atoms with Gasteiger partial charge in [-0.3, -0.25) is 0 Å². The fourth-order valence-electron chi connectivity index (χ4n) is 1.66. The first-order valence-electron chi connectivity index (χ1n) is 6.42. The zero-order valence-electron chi connectivity index (χ0n) is 11.2. The van der Waals surface area contributed by atoms with E-state index in [-0.39, 0.29) is 0 Å². The molecule has 104 valence electrons. The van der Waals surface area contributed by atoms with Crippen molar-refractivity contribution in [1.29, 1.82) is 0 Å². The van der Waals surface area contributed by atoms with Crippen molar-refractivity contribution < 1.29 is 9.47 Å². The van der Waals surface area contributed by atoms with Crippen LogP contribution in [-0.4, -0.2) is 21.1 Å². The van der Waals surface area contributed by atoms with Crippen molar-refractivity contribution in [2.45, 2.75) is 6.42 Å². The molecule has 0 unspecified atom stereocenters. The molecule has 0 aliphatic carbocycles. The Kier molecular flexibility index (Phi) is 5.63. The van der Waals surface area contributed by atoms with Crippen molar-refractivity contribution in [2.24, 2.45) is 0 Å². The summed E-state index contributed by atoms with van der Waals surface area (Å²) in [4.78, 5) is 0. The van der Waals surface area contributed by atoms with Gasteiger partial charge in [0.05, 0.1) is 18.2 Å². The van der Waals surface area contributed by atoms with Crippen molar-refractivity contribution in [1.82, 2.24) is 0 Å². The average Bonchev–Trinajstić information content (AvgIpc) is 2.42. The molecule has 2 rings (SSSR count). The summed E-state index contributed by atoms with van der Waals surface area (Å²) in [5.41, 5.74) is 1.22. The Labute approximate surface area is 130 Å². The molecule has 0 saturated carbocycles. The molecule has 0 atom stereocenters. The van der Waals surface area contributed by atoms with E-state index in [9.17, 15) is 0 Å². The van der Waals surface area contributed by atoms with Crippen LogP contribution < -0.4 is 14.9 Å². The standard InChI is InChI=1S/C15H15BCl2O2/c16-11-2-5-13(6-3-11)19-8-1-9-20-15-7-4-12(17)10-14(15)18/h2-7,10H,1,8-9,16H2. The summed E-state index contributed by atoms with van der Waals surface area (Å²) in [7, 11) is 2.05. The highest BCUT2D eigenvalue weighted by molar-refractivity contribution is 6.35. The fraction of sp³-hybridized carbons (Fsp3) is 0.200. The summed E-state index contributed by atoms with van der Waals surface area (Å²) in [5, 5.41) is 1.13. The molecule has 0 saturated heterocycles. The summed E-state index contributed by atoms with van der Waals surface area (Å²) in [6, 6.07) is 13.2. The largest absolute Gasteiger partial charge is 0.493 e. The lowest BCUT2D eigenvalue weighted by Crippen LogP contribution is -2.06. The highest BCUT2D eigenvalue weighted by Crippen LogP contribution is 2.27. The molecule has 5 heteroatoms. The summed E-state index contributed by atoms with van der Waals surface area (Å²) >= 11 is 11.8. The minimum atomic E-state index is 0.525. The van der Waals surface area contributed by atoms with Crippen LogP contribution in [0, 0.1) is 0 Å². The van der Waals surface area contributed by atoms with E-state index in [4.69, 9.17) is 32.7 Å². The van der Waals surface area contributed by atoms with Gasteiger partial charge in [0.25, 0.3) is 0 Å². The molecule has 0 bridgehead atoms. The van der Waals surface area contributed by atoms with Gasteiger partial charge in [-0.15, -0.1) is 0 Å². The zero-order valence-corrected chi connectivity index (χ0v) is 12.7. The normalized spacial score (nSPS) is 10.3. The van der Waals surface area contributed by atoms with Gasteiger partial charge < -0.3 is 9.47 Å². The third-order valence-electron chi connectivity index (χ3n) is 2.73. The highest BCUT2D eigenvalue weighted by atomic mass is 35.5. The first-order chi connectivity index (χ1) is 9.65. The Balaban J connectivity index is 1.70. The lowest BCUT2D eigenvalue weighted by molar-refractivity contribution is 0.247. The molecular weight excluding hydrogens is 294 g/mol. The number of hydrogen-bond donors (Lipinski definition) is 0. The van der Waals surface area contributed by atoms with Crippen molar-refractivity contribution in [3.63, 3.8) is 0 Å². The first kappa shape index (κ1) is 15.1. The molecule has 2 aromatic rings. The van der Waals surface area contributed by atoms with Gasteiger partial charge in [0.2, 0.25) is 0 Å². The molecule has 2 aromatic carbocycles. The number of hydrogen-bond acceptors (Lipinski definition) is 2. The Morgan fingerprint density at radius 3 is 2.30 bits per heavy atom. The smallest absolute Gasteiger partial charge is 0.139 e. The van der Waals surface area contributed by atoms with E-state index < -0.39 is 0 Å². The molecule has 0 radical (unpaired) electrons. The molecule has 0 aliphatic heterocycles. The number of halogens is 2. The molecule has 0 fully saturated rings. The summed E-state index contributed by atoms with van der Waals surface area (Å²) in [6.45, 7) is 1.15. The quantitative estimate of drug-likeness (QED) is 0.603. The van der Waals surface area contributed by atoms with Crippen LogP contribution in [0.4, 0.5) is 0 Å². The molecule has 0 heterocycles. The molecule has 0 spiro atoms. The van der Waals surface area contributed by atoms with Crippen LogP contribution in [0.15, 0.2) is 42.5 Å². The second-order valence-electron chi connectivity index (χ2n) is 4.44. The molecule has 0 amide bonds. The van der Waals surface area contributed by atoms with Crippen LogP contribution in [0.3, 0.4) is 0 Å². The Hall–Kier alpha value is -1.32. The maximum absolute atomic E-state index is 6.01. The maximum atomic E-state index is 6.01. The minimum absolute atomic E-state index is 0.525. The van der Waals surface area contributed by atoms with Crippen LogP contribution in [0.1, 0.15) is 6.42 Å². The van der Waals surface area contributed by atoms with Gasteiger partial charge in [-0.05, 0) is 30.3 Å². The van der Waals surface area contributed by atoms with Crippen LogP contribution in [0.2, 0.25) is 10.0 Å². The lowest BCUT2D eigenvalue weighted by atomic mass is 9.97. The van der Waals surface area contributed by atoms with E-state index in [0.29, 0.717) is 29.0 Å². The summed E-state index contributed by atoms with van der Waals surface area (Å²) in [6.07, 6.45) is 0.785. The monoisotopic (exact) mass is 308 g/mol. The number of rotatable bonds is 6. The third kappa shape index (κ3) is 4.66. The van der Waals surface area contributed by atoms with Gasteiger partial charge in [-0.25, -0.2) is 0 Å². The molecule has 0 aliphatic rings. The first-order valence-corrected chi connectivity index (χ1v) is 7.18. The SMILES string of the molecule is Bc1ccc(OCCCOc2ccc(Cl)cc2Cl)cc1. The molecular formula is C15H15BCl2O2. The van der Waals surface area contributed by atoms with Crippen LogP contribution in [-0.2, 0) is 0 Å². The second kappa shape index (κ2) is 7.46. The second-order valence-corrected chi connectivity index (χ2v) is 5.28. The fourth-order valence-corrected chi connectivity index (χ4v) is 2.12. The van der Waals surface area contributed by atoms with Crippen molar-refractivity contribution in [3.8, 4) is 11.5 Å². The van der Waals surface area contributed by atoms with Crippen molar-refractivity contribution in [3.05, 3.63) is 52.5 Å². The van der Waals surface area contributed by atoms with E-state index in [0.717, 1.165) is 12.2 Å². The molecule has 0 N–H and O–H groups in total. The van der Waals surface area contributed by atoms with Crippen molar-refractivity contribution in [2.75, 3.05) is 13.2 Å². The number of benzene rings is 2. The van der Waals surface area contributed by atoms with E-state index >= 15 is 0 Å². The lowest BCUT2D eigenvalue weighted by Gasteiger charge is -2.09. The van der Waals surface area contributed by atoms with Gasteiger partial charge in [-0.1, -0.05) is 40.8 Å². The molecule has 20 heavy (non-hydrogen) atoms. The third-order valence-corrected chi connectivity index (χ3v) is 3.26. The van der Waals surface area contributed by atoms with Crippen molar-refractivity contribution >= 4 is 36.5 Å². The average molecular weight is 309 g/mol. The van der Waals surface area contributed by atoms with E-state index in [2.05, 4.69) is 0 Å². The topological polar surface area (TPSA) is 18.5 Å². The van der Waals surface area contributed by atoms with Crippen LogP contribution in [0.25, 0.3) is 0 Å². The van der Waals surface area contributed by atoms with Gasteiger partial charge in [0.15, 0.2) is 0 Å². The molecule has 0 aromatic heterocycles. The maximum Gasteiger partial charge on any atom is 0.139 e. The van der Waals surface area contributed by atoms with Gasteiger partial charge in [0.1, 0.15) is 19.3 Å². The van der Waals surface area contributed by atoms with E-state index in [1.807, 2.05) is 32.1 Å². The van der Waals surface area contributed by atoms with Crippen LogP contribution >= 0.6 is 23.2 Å². The predicted octanol–water partition coefficient (Wildman–Crippen LogP) is 3.10. The summed E-state index contributed by atoms with van der Waals surface area (Å²) < 4.78 is 11.2. The predicted molar refractivity (Wildman–Crippen MR) is 86.7 cm³/mol. The zero-order chi connectivity index (χ0) is 14.4.